The van der Waals surface area contributed by atoms with Crippen LogP contribution in [0, 0.1) is 12.8 Å². The summed E-state index contributed by atoms with van der Waals surface area (Å²) >= 11 is 1.71. The van der Waals surface area contributed by atoms with Crippen LogP contribution < -0.4 is 5.32 Å². The molecule has 0 saturated heterocycles. The molecule has 2 aromatic heterocycles. The molecule has 0 bridgehead atoms. The zero-order chi connectivity index (χ0) is 20.1. The number of carbonyl (C=O) groups excluding carboxylic acids is 1. The van der Waals surface area contributed by atoms with Gasteiger partial charge in [-0.25, -0.2) is 4.98 Å². The van der Waals surface area contributed by atoms with Crippen molar-refractivity contribution < 1.29 is 4.79 Å². The molecule has 28 heavy (non-hydrogen) atoms. The van der Waals surface area contributed by atoms with Crippen molar-refractivity contribution in [3.63, 3.8) is 0 Å². The Kier molecular flexibility index (Phi) is 6.88. The van der Waals surface area contributed by atoms with Gasteiger partial charge in [0.25, 0.3) is 0 Å². The normalized spacial score (nSPS) is 11.6. The van der Waals surface area contributed by atoms with Gasteiger partial charge in [0, 0.05) is 24.3 Å². The van der Waals surface area contributed by atoms with Crippen LogP contribution in [0.3, 0.4) is 0 Å². The summed E-state index contributed by atoms with van der Waals surface area (Å²) in [5, 5.41) is 12.0. The van der Waals surface area contributed by atoms with E-state index in [1.165, 1.54) is 4.90 Å². The molecule has 0 aliphatic rings. The molecule has 0 atom stereocenters. The van der Waals surface area contributed by atoms with Gasteiger partial charge in [0.05, 0.1) is 11.0 Å². The zero-order valence-corrected chi connectivity index (χ0v) is 18.0. The van der Waals surface area contributed by atoms with Gasteiger partial charge in [-0.1, -0.05) is 20.3 Å². The number of benzene rings is 1. The lowest BCUT2D eigenvalue weighted by molar-refractivity contribution is -0.119. The SMILES string of the molecule is CSc1ccc2c(c1)nc(NCCCCCC(=O)CC(C)C)c1nnc(C)n12. The number of nitrogens with one attached hydrogen (secondary N) is 1. The predicted octanol–water partition coefficient (Wildman–Crippen LogP) is 4.90. The van der Waals surface area contributed by atoms with Gasteiger partial charge in [-0.3, -0.25) is 9.20 Å². The van der Waals surface area contributed by atoms with Gasteiger partial charge < -0.3 is 5.32 Å². The van der Waals surface area contributed by atoms with E-state index in [2.05, 4.69) is 58.2 Å². The minimum absolute atomic E-state index is 0.379. The van der Waals surface area contributed by atoms with Crippen LogP contribution in [0.5, 0.6) is 0 Å². The fourth-order valence-corrected chi connectivity index (χ4v) is 3.82. The number of carbonyl (C=O) groups is 1. The molecule has 150 valence electrons. The first-order chi connectivity index (χ1) is 13.5. The minimum atomic E-state index is 0.379. The molecule has 0 radical (unpaired) electrons. The van der Waals surface area contributed by atoms with Crippen LogP contribution in [0.4, 0.5) is 5.82 Å². The molecule has 1 N–H and O–H groups in total. The summed E-state index contributed by atoms with van der Waals surface area (Å²) in [7, 11) is 0. The Morgan fingerprint density at radius 1 is 1.21 bits per heavy atom. The first kappa shape index (κ1) is 20.6. The first-order valence-electron chi connectivity index (χ1n) is 9.94. The number of nitrogens with zero attached hydrogens (tertiary/aromatic N) is 4. The number of rotatable bonds is 10. The molecular weight excluding hydrogens is 370 g/mol. The van der Waals surface area contributed by atoms with Gasteiger partial charge in [-0.15, -0.1) is 22.0 Å². The fourth-order valence-electron chi connectivity index (χ4n) is 3.39. The monoisotopic (exact) mass is 399 g/mol. The molecule has 1 aromatic carbocycles. The van der Waals surface area contributed by atoms with Gasteiger partial charge in [0.2, 0.25) is 5.65 Å². The lowest BCUT2D eigenvalue weighted by Gasteiger charge is -2.10. The minimum Gasteiger partial charge on any atom is -0.367 e. The Bertz CT molecular complexity index is 966. The molecule has 0 aliphatic heterocycles. The fraction of sp³-hybridized carbons (Fsp3) is 0.524. The number of hydrogen-bond acceptors (Lipinski definition) is 6. The smallest absolute Gasteiger partial charge is 0.204 e. The second kappa shape index (κ2) is 9.37. The second-order valence-corrected chi connectivity index (χ2v) is 8.48. The van der Waals surface area contributed by atoms with Crippen molar-refractivity contribution >= 4 is 40.0 Å². The van der Waals surface area contributed by atoms with Gasteiger partial charge in [0.1, 0.15) is 11.6 Å². The Hall–Kier alpha value is -2.15. The van der Waals surface area contributed by atoms with E-state index in [4.69, 9.17) is 4.98 Å². The van der Waals surface area contributed by atoms with Gasteiger partial charge in [-0.2, -0.15) is 0 Å². The number of anilines is 1. The van der Waals surface area contributed by atoms with Crippen molar-refractivity contribution in [2.75, 3.05) is 18.1 Å². The van der Waals surface area contributed by atoms with Crippen molar-refractivity contribution in [2.24, 2.45) is 5.92 Å². The predicted molar refractivity (Wildman–Crippen MR) is 116 cm³/mol. The number of hydrogen-bond donors (Lipinski definition) is 1. The maximum absolute atomic E-state index is 11.8. The van der Waals surface area contributed by atoms with Gasteiger partial charge in [0.15, 0.2) is 5.82 Å². The molecule has 7 heteroatoms. The summed E-state index contributed by atoms with van der Waals surface area (Å²) in [4.78, 5) is 17.8. The lowest BCUT2D eigenvalue weighted by atomic mass is 10.0. The molecule has 2 heterocycles. The van der Waals surface area contributed by atoms with E-state index >= 15 is 0 Å². The summed E-state index contributed by atoms with van der Waals surface area (Å²) in [5.74, 6) is 2.45. The van der Waals surface area contributed by atoms with E-state index in [1.54, 1.807) is 11.8 Å². The molecule has 0 amide bonds. The number of Topliss-reactive ketones (excluding diaryl/α,β-unsaturated/α-hetero) is 1. The van der Waals surface area contributed by atoms with Crippen molar-refractivity contribution in [3.05, 3.63) is 24.0 Å². The molecule has 0 spiro atoms. The Morgan fingerprint density at radius 3 is 2.79 bits per heavy atom. The van der Waals surface area contributed by atoms with E-state index < -0.39 is 0 Å². The summed E-state index contributed by atoms with van der Waals surface area (Å²) in [6, 6.07) is 6.28. The molecule has 3 aromatic rings. The highest BCUT2D eigenvalue weighted by Crippen LogP contribution is 2.25. The van der Waals surface area contributed by atoms with Crippen LogP contribution in [0.15, 0.2) is 23.1 Å². The maximum atomic E-state index is 11.8. The highest BCUT2D eigenvalue weighted by molar-refractivity contribution is 7.98. The van der Waals surface area contributed by atoms with Crippen LogP contribution >= 0.6 is 11.8 Å². The Morgan fingerprint density at radius 2 is 2.04 bits per heavy atom. The molecule has 0 aliphatic carbocycles. The average Bonchev–Trinajstić information content (AvgIpc) is 3.05. The van der Waals surface area contributed by atoms with E-state index in [1.807, 2.05) is 6.92 Å². The standard InChI is InChI=1S/C21H29N5OS/c1-14(2)12-16(27)8-6-5-7-11-22-20-21-25-24-15(3)26(21)19-10-9-17(28-4)13-18(19)23-20/h9-10,13-14H,5-8,11-12H2,1-4H3,(H,22,23). The number of aromatic nitrogens is 4. The van der Waals surface area contributed by atoms with Crippen molar-refractivity contribution in [2.45, 2.75) is 57.8 Å². The van der Waals surface area contributed by atoms with Crippen LogP contribution in [0.2, 0.25) is 0 Å². The second-order valence-electron chi connectivity index (χ2n) is 7.60. The third-order valence-electron chi connectivity index (χ3n) is 4.75. The molecule has 3 rings (SSSR count). The topological polar surface area (TPSA) is 72.2 Å². The summed E-state index contributed by atoms with van der Waals surface area (Å²) in [6.07, 6.45) is 6.44. The zero-order valence-electron chi connectivity index (χ0n) is 17.2. The third kappa shape index (κ3) is 4.82. The highest BCUT2D eigenvalue weighted by atomic mass is 32.2. The van der Waals surface area contributed by atoms with Crippen LogP contribution in [-0.2, 0) is 4.79 Å². The molecule has 0 fully saturated rings. The maximum Gasteiger partial charge on any atom is 0.204 e. The lowest BCUT2D eigenvalue weighted by Crippen LogP contribution is -2.07. The first-order valence-corrected chi connectivity index (χ1v) is 11.2. The Labute approximate surface area is 170 Å². The number of ketones is 1. The molecule has 0 saturated carbocycles. The van der Waals surface area contributed by atoms with Crippen molar-refractivity contribution in [1.29, 1.82) is 0 Å². The van der Waals surface area contributed by atoms with E-state index in [9.17, 15) is 4.79 Å². The quantitative estimate of drug-likeness (QED) is 0.386. The molecular formula is C21H29N5OS. The summed E-state index contributed by atoms with van der Waals surface area (Å²) in [5.41, 5.74) is 2.71. The highest BCUT2D eigenvalue weighted by Gasteiger charge is 2.13. The molecule has 6 nitrogen and oxygen atoms in total. The molecule has 0 unspecified atom stereocenters. The van der Waals surface area contributed by atoms with Crippen LogP contribution in [0.25, 0.3) is 16.7 Å². The largest absolute Gasteiger partial charge is 0.367 e. The van der Waals surface area contributed by atoms with Crippen LogP contribution in [0.1, 0.15) is 51.8 Å². The summed E-state index contributed by atoms with van der Waals surface area (Å²) < 4.78 is 2.05. The number of aryl methyl sites for hydroxylation is 1. The Balaban J connectivity index is 1.65. The van der Waals surface area contributed by atoms with E-state index in [0.29, 0.717) is 24.5 Å². The number of thioether (sulfide) groups is 1. The van der Waals surface area contributed by atoms with Crippen LogP contribution in [-0.4, -0.2) is 38.2 Å². The summed E-state index contributed by atoms with van der Waals surface area (Å²) in [6.45, 7) is 6.95. The number of fused-ring (bicyclic) bond motifs is 3. The average molecular weight is 400 g/mol. The van der Waals surface area contributed by atoms with Crippen molar-refractivity contribution in [3.8, 4) is 0 Å². The third-order valence-corrected chi connectivity index (χ3v) is 5.48. The van der Waals surface area contributed by atoms with E-state index in [-0.39, 0.29) is 0 Å². The van der Waals surface area contributed by atoms with E-state index in [0.717, 1.165) is 54.1 Å². The number of unbranched alkanes of at least 4 members (excludes halogenated alkanes) is 2. The van der Waals surface area contributed by atoms with Crippen molar-refractivity contribution in [1.82, 2.24) is 19.6 Å². The van der Waals surface area contributed by atoms with Gasteiger partial charge in [-0.05, 0) is 50.1 Å². The van der Waals surface area contributed by atoms with Gasteiger partial charge >= 0.3 is 0 Å².